The van der Waals surface area contributed by atoms with Gasteiger partial charge in [0.05, 0.1) is 17.8 Å². The van der Waals surface area contributed by atoms with Crippen LogP contribution in [0.15, 0.2) is 21.7 Å². The number of carbonyl (C=O) groups excluding carboxylic acids is 1. The highest BCUT2D eigenvalue weighted by Gasteiger charge is 2.05. The number of methoxy groups -OCH3 is 1. The van der Waals surface area contributed by atoms with E-state index < -0.39 is 6.03 Å². The maximum atomic E-state index is 10.4. The molecule has 1 aromatic carbocycles. The van der Waals surface area contributed by atoms with Crippen molar-refractivity contribution in [2.75, 3.05) is 7.11 Å². The fourth-order valence-corrected chi connectivity index (χ4v) is 2.07. The zero-order chi connectivity index (χ0) is 12.1. The van der Waals surface area contributed by atoms with Gasteiger partial charge in [-0.1, -0.05) is 0 Å². The molecule has 0 heterocycles. The molecule has 0 unspecified atom stereocenters. The Morgan fingerprint density at radius 2 is 2.38 bits per heavy atom. The quantitative estimate of drug-likeness (QED) is 0.465. The summed E-state index contributed by atoms with van der Waals surface area (Å²) in [5.41, 5.74) is 7.85. The third kappa shape index (κ3) is 3.63. The highest BCUT2D eigenvalue weighted by molar-refractivity contribution is 14.1. The highest BCUT2D eigenvalue weighted by atomic mass is 127. The van der Waals surface area contributed by atoms with Crippen molar-refractivity contribution in [1.29, 1.82) is 0 Å². The van der Waals surface area contributed by atoms with Crippen molar-refractivity contribution in [2.45, 2.75) is 0 Å². The molecule has 0 spiro atoms. The lowest BCUT2D eigenvalue weighted by Gasteiger charge is -2.05. The predicted octanol–water partition coefficient (Wildman–Crippen LogP) is 2.06. The third-order valence-corrected chi connectivity index (χ3v) is 3.20. The van der Waals surface area contributed by atoms with Crippen molar-refractivity contribution in [3.8, 4) is 5.75 Å². The van der Waals surface area contributed by atoms with Gasteiger partial charge in [-0.3, -0.25) is 0 Å². The van der Waals surface area contributed by atoms with E-state index >= 15 is 0 Å². The smallest absolute Gasteiger partial charge is 0.332 e. The molecule has 16 heavy (non-hydrogen) atoms. The number of benzene rings is 1. The van der Waals surface area contributed by atoms with Crippen molar-refractivity contribution < 1.29 is 9.53 Å². The van der Waals surface area contributed by atoms with E-state index in [0.29, 0.717) is 0 Å². The minimum Gasteiger partial charge on any atom is -0.496 e. The molecule has 0 aliphatic rings. The van der Waals surface area contributed by atoms with Gasteiger partial charge in [0.1, 0.15) is 5.75 Å². The van der Waals surface area contributed by atoms with Crippen LogP contribution in [-0.4, -0.2) is 19.4 Å². The van der Waals surface area contributed by atoms with Crippen molar-refractivity contribution in [3.63, 3.8) is 0 Å². The molecule has 0 atom stereocenters. The number of ether oxygens (including phenoxy) is 1. The fraction of sp³-hybridized carbons (Fsp3) is 0.111. The summed E-state index contributed by atoms with van der Waals surface area (Å²) in [6.07, 6.45) is 1.51. The molecule has 0 fully saturated rings. The molecule has 0 saturated heterocycles. The first kappa shape index (κ1) is 13.2. The van der Waals surface area contributed by atoms with Gasteiger partial charge in [0.25, 0.3) is 0 Å². The summed E-state index contributed by atoms with van der Waals surface area (Å²) in [7, 11) is 1.60. The first-order chi connectivity index (χ1) is 7.54. The van der Waals surface area contributed by atoms with Crippen LogP contribution >= 0.6 is 38.5 Å². The molecule has 0 aliphatic carbocycles. The summed E-state index contributed by atoms with van der Waals surface area (Å²) in [5.74, 6) is 0.740. The minimum atomic E-state index is -0.696. The lowest BCUT2D eigenvalue weighted by molar-refractivity contribution is 0.249. The summed E-state index contributed by atoms with van der Waals surface area (Å²) in [4.78, 5) is 10.4. The predicted molar refractivity (Wildman–Crippen MR) is 73.7 cm³/mol. The number of primary amides is 1. The van der Waals surface area contributed by atoms with E-state index in [9.17, 15) is 4.79 Å². The van der Waals surface area contributed by atoms with E-state index in [2.05, 4.69) is 49.0 Å². The van der Waals surface area contributed by atoms with Crippen LogP contribution in [0.3, 0.4) is 0 Å². The van der Waals surface area contributed by atoms with Crippen LogP contribution < -0.4 is 15.9 Å². The Labute approximate surface area is 115 Å². The molecule has 0 aliphatic heterocycles. The second-order valence-corrected chi connectivity index (χ2v) is 4.76. The maximum Gasteiger partial charge on any atom is 0.332 e. The average molecular weight is 398 g/mol. The number of hydrogen-bond donors (Lipinski definition) is 2. The van der Waals surface area contributed by atoms with Gasteiger partial charge >= 0.3 is 6.03 Å². The molecule has 1 aromatic rings. The Kier molecular flexibility index (Phi) is 5.00. The number of urea groups is 1. The van der Waals surface area contributed by atoms with Crippen LogP contribution in [0, 0.1) is 3.57 Å². The average Bonchev–Trinajstić information content (AvgIpc) is 2.22. The summed E-state index contributed by atoms with van der Waals surface area (Å²) >= 11 is 5.51. The van der Waals surface area contributed by atoms with Gasteiger partial charge in [-0.05, 0) is 50.7 Å². The van der Waals surface area contributed by atoms with Gasteiger partial charge in [0.2, 0.25) is 0 Å². The number of nitrogens with zero attached hydrogens (tertiary/aromatic N) is 1. The summed E-state index contributed by atoms with van der Waals surface area (Å²) < 4.78 is 6.90. The first-order valence-electron chi connectivity index (χ1n) is 4.16. The molecular formula is C9H9BrIN3O2. The number of rotatable bonds is 3. The van der Waals surface area contributed by atoms with Crippen LogP contribution in [0.25, 0.3) is 0 Å². The largest absolute Gasteiger partial charge is 0.496 e. The summed E-state index contributed by atoms with van der Waals surface area (Å²) in [6, 6.07) is 3.00. The molecule has 2 amide bonds. The first-order valence-corrected chi connectivity index (χ1v) is 6.03. The van der Waals surface area contributed by atoms with Crippen LogP contribution in [0.5, 0.6) is 5.75 Å². The number of amides is 2. The molecule has 0 saturated carbocycles. The molecule has 86 valence electrons. The molecule has 7 heteroatoms. The van der Waals surface area contributed by atoms with Gasteiger partial charge in [-0.15, -0.1) is 0 Å². The maximum absolute atomic E-state index is 10.4. The fourth-order valence-electron chi connectivity index (χ4n) is 0.965. The van der Waals surface area contributed by atoms with Gasteiger partial charge in [0, 0.05) is 9.13 Å². The lowest BCUT2D eigenvalue weighted by atomic mass is 10.2. The van der Waals surface area contributed by atoms with Crippen molar-refractivity contribution in [3.05, 3.63) is 25.7 Å². The molecule has 3 N–H and O–H groups in total. The highest BCUT2D eigenvalue weighted by Crippen LogP contribution is 2.28. The minimum absolute atomic E-state index is 0.696. The number of hydrazone groups is 1. The topological polar surface area (TPSA) is 76.7 Å². The van der Waals surface area contributed by atoms with E-state index in [4.69, 9.17) is 10.5 Å². The van der Waals surface area contributed by atoms with E-state index in [1.165, 1.54) is 6.21 Å². The van der Waals surface area contributed by atoms with E-state index in [0.717, 1.165) is 19.4 Å². The summed E-state index contributed by atoms with van der Waals surface area (Å²) in [6.45, 7) is 0. The zero-order valence-electron chi connectivity index (χ0n) is 8.33. The number of nitrogens with two attached hydrogens (primary N) is 1. The monoisotopic (exact) mass is 397 g/mol. The van der Waals surface area contributed by atoms with E-state index in [1.54, 1.807) is 7.11 Å². The number of carbonyl (C=O) groups is 1. The van der Waals surface area contributed by atoms with Gasteiger partial charge in [-0.25, -0.2) is 10.2 Å². The third-order valence-electron chi connectivity index (χ3n) is 1.65. The number of hydrogen-bond acceptors (Lipinski definition) is 3. The van der Waals surface area contributed by atoms with Gasteiger partial charge < -0.3 is 10.5 Å². The Balaban J connectivity index is 2.93. The summed E-state index contributed by atoms with van der Waals surface area (Å²) in [5, 5.41) is 3.68. The molecule has 5 nitrogen and oxygen atoms in total. The molecule has 0 aromatic heterocycles. The van der Waals surface area contributed by atoms with Crippen molar-refractivity contribution >= 4 is 50.8 Å². The Morgan fingerprint density at radius 3 is 2.94 bits per heavy atom. The van der Waals surface area contributed by atoms with Gasteiger partial charge in [0.15, 0.2) is 0 Å². The standard InChI is InChI=1S/C9H9BrIN3O2/c1-16-8-3-7(11)5(2-6(8)10)4-13-14-9(12)15/h2-4H,1H3,(H3,12,14,15). The zero-order valence-corrected chi connectivity index (χ0v) is 12.1. The second-order valence-electron chi connectivity index (χ2n) is 2.74. The number of halogens is 2. The molecular weight excluding hydrogens is 389 g/mol. The van der Waals surface area contributed by atoms with Crippen LogP contribution in [-0.2, 0) is 0 Å². The van der Waals surface area contributed by atoms with Crippen molar-refractivity contribution in [1.82, 2.24) is 5.43 Å². The SMILES string of the molecule is COc1cc(I)c(C=NNC(N)=O)cc1Br. The van der Waals surface area contributed by atoms with E-state index in [1.807, 2.05) is 12.1 Å². The Bertz CT molecular complexity index is 437. The van der Waals surface area contributed by atoms with Crippen LogP contribution in [0.4, 0.5) is 4.79 Å². The van der Waals surface area contributed by atoms with Crippen LogP contribution in [0.2, 0.25) is 0 Å². The van der Waals surface area contributed by atoms with Gasteiger partial charge in [-0.2, -0.15) is 5.10 Å². The second kappa shape index (κ2) is 6.04. The molecule has 0 radical (unpaired) electrons. The van der Waals surface area contributed by atoms with Crippen molar-refractivity contribution in [2.24, 2.45) is 10.8 Å². The Hall–Kier alpha value is -0.830. The Morgan fingerprint density at radius 1 is 1.69 bits per heavy atom. The molecule has 1 rings (SSSR count). The normalized spacial score (nSPS) is 10.4. The number of nitrogens with one attached hydrogen (secondary N) is 1. The lowest BCUT2D eigenvalue weighted by Crippen LogP contribution is -2.24. The van der Waals surface area contributed by atoms with E-state index in [-0.39, 0.29) is 0 Å². The van der Waals surface area contributed by atoms with Crippen LogP contribution in [0.1, 0.15) is 5.56 Å². The molecule has 0 bridgehead atoms.